The van der Waals surface area contributed by atoms with E-state index in [4.69, 9.17) is 4.74 Å². The summed E-state index contributed by atoms with van der Waals surface area (Å²) in [4.78, 5) is 12.5. The summed E-state index contributed by atoms with van der Waals surface area (Å²) in [5, 5.41) is 11.4. The summed E-state index contributed by atoms with van der Waals surface area (Å²) in [6, 6.07) is 0.113. The number of hydrogen-bond donors (Lipinski definition) is 1. The number of nitrogens with one attached hydrogen (secondary N) is 1. The molecule has 1 saturated heterocycles. The number of amides is 1. The van der Waals surface area contributed by atoms with Gasteiger partial charge in [-0.05, 0) is 32.1 Å². The Morgan fingerprint density at radius 3 is 2.91 bits per heavy atom. The highest BCUT2D eigenvalue weighted by molar-refractivity contribution is 5.91. The molecule has 3 heterocycles. The van der Waals surface area contributed by atoms with E-state index in [0.717, 1.165) is 50.9 Å². The second-order valence-corrected chi connectivity index (χ2v) is 6.98. The standard InChI is InChI=1S/C16H24N4O2/c21-15(14-19-18-13-6-2-5-9-20(13)14)17-12-10-16(22-11-12)7-3-1-4-8-16/h12H,1-11H2,(H,17,21)/t12-/m0/s1. The number of carbonyl (C=O) groups excluding carboxylic acids is 1. The van der Waals surface area contributed by atoms with Gasteiger partial charge in [-0.3, -0.25) is 4.79 Å². The Bertz CT molecular complexity index is 562. The number of fused-ring (bicyclic) bond motifs is 1. The van der Waals surface area contributed by atoms with Crippen molar-refractivity contribution in [1.82, 2.24) is 20.1 Å². The number of nitrogens with zero attached hydrogens (tertiary/aromatic N) is 3. The van der Waals surface area contributed by atoms with Gasteiger partial charge in [0.1, 0.15) is 5.82 Å². The Morgan fingerprint density at radius 2 is 2.05 bits per heavy atom. The van der Waals surface area contributed by atoms with Crippen LogP contribution in [-0.2, 0) is 17.7 Å². The van der Waals surface area contributed by atoms with Crippen molar-refractivity contribution in [2.45, 2.75) is 76.0 Å². The fraction of sp³-hybridized carbons (Fsp3) is 0.812. The highest BCUT2D eigenvalue weighted by Crippen LogP contribution is 2.39. The molecular formula is C16H24N4O2. The second-order valence-electron chi connectivity index (χ2n) is 6.98. The van der Waals surface area contributed by atoms with Crippen molar-refractivity contribution in [3.8, 4) is 0 Å². The topological polar surface area (TPSA) is 69.0 Å². The van der Waals surface area contributed by atoms with Gasteiger partial charge in [-0.1, -0.05) is 19.3 Å². The molecule has 1 spiro atoms. The highest BCUT2D eigenvalue weighted by atomic mass is 16.5. The Balaban J connectivity index is 1.41. The first-order valence-electron chi connectivity index (χ1n) is 8.63. The van der Waals surface area contributed by atoms with E-state index in [0.29, 0.717) is 12.4 Å². The predicted molar refractivity (Wildman–Crippen MR) is 80.6 cm³/mol. The van der Waals surface area contributed by atoms with Crippen LogP contribution in [0.5, 0.6) is 0 Å². The molecule has 4 rings (SSSR count). The molecule has 1 atom stereocenters. The largest absolute Gasteiger partial charge is 0.373 e. The Hall–Kier alpha value is -1.43. The fourth-order valence-corrected chi connectivity index (χ4v) is 4.21. The first kappa shape index (κ1) is 14.2. The molecule has 6 nitrogen and oxygen atoms in total. The zero-order chi connectivity index (χ0) is 15.0. The van der Waals surface area contributed by atoms with Gasteiger partial charge in [0.15, 0.2) is 0 Å². The van der Waals surface area contributed by atoms with Crippen LogP contribution in [0.4, 0.5) is 0 Å². The third kappa shape index (κ3) is 2.53. The third-order valence-corrected chi connectivity index (χ3v) is 5.37. The minimum Gasteiger partial charge on any atom is -0.373 e. The predicted octanol–water partition coefficient (Wildman–Crippen LogP) is 1.84. The Labute approximate surface area is 130 Å². The van der Waals surface area contributed by atoms with Crippen LogP contribution in [0, 0.1) is 0 Å². The second kappa shape index (κ2) is 5.65. The van der Waals surface area contributed by atoms with Crippen LogP contribution >= 0.6 is 0 Å². The van der Waals surface area contributed by atoms with Crippen LogP contribution in [0.1, 0.15) is 67.8 Å². The highest BCUT2D eigenvalue weighted by Gasteiger charge is 2.41. The van der Waals surface area contributed by atoms with Gasteiger partial charge in [-0.15, -0.1) is 10.2 Å². The van der Waals surface area contributed by atoms with Crippen molar-refractivity contribution < 1.29 is 9.53 Å². The van der Waals surface area contributed by atoms with Crippen molar-refractivity contribution in [2.75, 3.05) is 6.61 Å². The molecule has 2 aliphatic heterocycles. The lowest BCUT2D eigenvalue weighted by atomic mass is 9.82. The lowest BCUT2D eigenvalue weighted by Crippen LogP contribution is -2.38. The molecule has 1 saturated carbocycles. The molecule has 3 aliphatic rings. The van der Waals surface area contributed by atoms with Gasteiger partial charge in [0.25, 0.3) is 5.91 Å². The van der Waals surface area contributed by atoms with Gasteiger partial charge < -0.3 is 14.6 Å². The van der Waals surface area contributed by atoms with E-state index in [1.807, 2.05) is 4.57 Å². The van der Waals surface area contributed by atoms with E-state index in [1.54, 1.807) is 0 Å². The molecular weight excluding hydrogens is 280 g/mol. The van der Waals surface area contributed by atoms with Gasteiger partial charge in [0.05, 0.1) is 18.2 Å². The molecule has 1 aromatic heterocycles. The summed E-state index contributed by atoms with van der Waals surface area (Å²) in [5.41, 5.74) is 0.0282. The van der Waals surface area contributed by atoms with Crippen LogP contribution in [0.25, 0.3) is 0 Å². The quantitative estimate of drug-likeness (QED) is 0.905. The number of rotatable bonds is 2. The van der Waals surface area contributed by atoms with Crippen LogP contribution in [0.15, 0.2) is 0 Å². The lowest BCUT2D eigenvalue weighted by Gasteiger charge is -2.32. The first-order valence-corrected chi connectivity index (χ1v) is 8.63. The minimum atomic E-state index is -0.0953. The smallest absolute Gasteiger partial charge is 0.289 e. The maximum Gasteiger partial charge on any atom is 0.289 e. The van der Waals surface area contributed by atoms with E-state index in [-0.39, 0.29) is 17.6 Å². The van der Waals surface area contributed by atoms with Gasteiger partial charge in [-0.2, -0.15) is 0 Å². The molecule has 0 unspecified atom stereocenters. The Morgan fingerprint density at radius 1 is 1.18 bits per heavy atom. The summed E-state index contributed by atoms with van der Waals surface area (Å²) in [7, 11) is 0. The van der Waals surface area contributed by atoms with E-state index >= 15 is 0 Å². The zero-order valence-corrected chi connectivity index (χ0v) is 13.0. The van der Waals surface area contributed by atoms with Gasteiger partial charge in [0, 0.05) is 13.0 Å². The van der Waals surface area contributed by atoms with E-state index < -0.39 is 0 Å². The van der Waals surface area contributed by atoms with Crippen molar-refractivity contribution in [3.05, 3.63) is 11.6 Å². The van der Waals surface area contributed by atoms with E-state index in [1.165, 1.54) is 19.3 Å². The number of hydrogen-bond acceptors (Lipinski definition) is 4. The molecule has 6 heteroatoms. The van der Waals surface area contributed by atoms with Crippen LogP contribution < -0.4 is 5.32 Å². The van der Waals surface area contributed by atoms with Crippen molar-refractivity contribution in [3.63, 3.8) is 0 Å². The Kier molecular flexibility index (Phi) is 3.64. The monoisotopic (exact) mass is 304 g/mol. The van der Waals surface area contributed by atoms with Crippen LogP contribution in [-0.4, -0.2) is 38.9 Å². The number of aromatic nitrogens is 3. The number of ether oxygens (including phenoxy) is 1. The number of aryl methyl sites for hydroxylation is 1. The average Bonchev–Trinajstić information content (AvgIpc) is 3.13. The first-order chi connectivity index (χ1) is 10.8. The van der Waals surface area contributed by atoms with E-state index in [9.17, 15) is 4.79 Å². The summed E-state index contributed by atoms with van der Waals surface area (Å²) in [5.74, 6) is 1.32. The molecule has 2 fully saturated rings. The molecule has 1 amide bonds. The summed E-state index contributed by atoms with van der Waals surface area (Å²) in [6.07, 6.45) is 10.2. The maximum absolute atomic E-state index is 12.5. The third-order valence-electron chi connectivity index (χ3n) is 5.37. The van der Waals surface area contributed by atoms with Gasteiger partial charge in [-0.25, -0.2) is 0 Å². The number of carbonyl (C=O) groups is 1. The molecule has 22 heavy (non-hydrogen) atoms. The fourth-order valence-electron chi connectivity index (χ4n) is 4.21. The van der Waals surface area contributed by atoms with Crippen molar-refractivity contribution in [2.24, 2.45) is 0 Å². The average molecular weight is 304 g/mol. The van der Waals surface area contributed by atoms with Gasteiger partial charge >= 0.3 is 0 Å². The molecule has 0 bridgehead atoms. The van der Waals surface area contributed by atoms with Crippen LogP contribution in [0.3, 0.4) is 0 Å². The molecule has 120 valence electrons. The molecule has 0 aromatic carbocycles. The lowest BCUT2D eigenvalue weighted by molar-refractivity contribution is -0.0246. The molecule has 1 aromatic rings. The molecule has 1 aliphatic carbocycles. The molecule has 1 N–H and O–H groups in total. The minimum absolute atomic E-state index is 0.0282. The molecule has 0 radical (unpaired) electrons. The van der Waals surface area contributed by atoms with Crippen molar-refractivity contribution >= 4 is 5.91 Å². The van der Waals surface area contributed by atoms with Crippen molar-refractivity contribution in [1.29, 1.82) is 0 Å². The normalized spacial score (nSPS) is 26.8. The summed E-state index contributed by atoms with van der Waals surface area (Å²) >= 11 is 0. The zero-order valence-electron chi connectivity index (χ0n) is 13.0. The summed E-state index contributed by atoms with van der Waals surface area (Å²) < 4.78 is 8.04. The summed E-state index contributed by atoms with van der Waals surface area (Å²) in [6.45, 7) is 1.49. The van der Waals surface area contributed by atoms with Crippen LogP contribution in [0.2, 0.25) is 0 Å². The SMILES string of the molecule is O=C(N[C@@H]1COC2(CCCCC2)C1)c1nnc2n1CCCC2. The van der Waals surface area contributed by atoms with Gasteiger partial charge in [0.2, 0.25) is 5.82 Å². The maximum atomic E-state index is 12.5. The van der Waals surface area contributed by atoms with E-state index in [2.05, 4.69) is 15.5 Å².